The molecule has 1 aromatic carbocycles. The molecule has 5 heteroatoms. The van der Waals surface area contributed by atoms with Crippen molar-refractivity contribution in [2.75, 3.05) is 0 Å². The topological polar surface area (TPSA) is 21.6 Å². The second-order valence-electron chi connectivity index (χ2n) is 5.01. The number of halogens is 3. The molecule has 0 bridgehead atoms. The molecule has 102 valence electrons. The second kappa shape index (κ2) is 4.40. The molecule has 1 heterocycles. The first kappa shape index (κ1) is 13.6. The molecule has 0 N–H and O–H groups in total. The lowest BCUT2D eigenvalue weighted by Gasteiger charge is -2.16. The van der Waals surface area contributed by atoms with Gasteiger partial charge in [0.2, 0.25) is 5.90 Å². The molecule has 0 aliphatic carbocycles. The maximum atomic E-state index is 12.9. The van der Waals surface area contributed by atoms with Crippen LogP contribution in [0.15, 0.2) is 41.1 Å². The van der Waals surface area contributed by atoms with E-state index in [0.717, 1.165) is 6.07 Å². The van der Waals surface area contributed by atoms with Crippen molar-refractivity contribution in [1.82, 2.24) is 0 Å². The molecule has 19 heavy (non-hydrogen) atoms. The van der Waals surface area contributed by atoms with E-state index in [1.165, 1.54) is 18.2 Å². The summed E-state index contributed by atoms with van der Waals surface area (Å²) in [6, 6.07) is 5.22. The predicted molar refractivity (Wildman–Crippen MR) is 67.2 cm³/mol. The molecule has 2 rings (SSSR count). The Balaban J connectivity index is 2.46. The molecule has 0 saturated heterocycles. The van der Waals surface area contributed by atoms with Gasteiger partial charge in [0.05, 0.1) is 22.4 Å². The monoisotopic (exact) mass is 269 g/mol. The van der Waals surface area contributed by atoms with Crippen LogP contribution >= 0.6 is 0 Å². The Morgan fingerprint density at radius 2 is 1.79 bits per heavy atom. The summed E-state index contributed by atoms with van der Waals surface area (Å²) in [5.74, 6) is 0.926. The van der Waals surface area contributed by atoms with Gasteiger partial charge in [0.1, 0.15) is 0 Å². The van der Waals surface area contributed by atoms with Crippen molar-refractivity contribution >= 4 is 11.6 Å². The Kier molecular flexibility index (Phi) is 3.16. The third-order valence-electron chi connectivity index (χ3n) is 2.80. The van der Waals surface area contributed by atoms with Crippen molar-refractivity contribution in [2.45, 2.75) is 26.9 Å². The van der Waals surface area contributed by atoms with Crippen LogP contribution in [0.25, 0.3) is 0 Å². The molecule has 0 amide bonds. The van der Waals surface area contributed by atoms with Crippen LogP contribution in [0.3, 0.4) is 0 Å². The van der Waals surface area contributed by atoms with E-state index in [2.05, 4.69) is 4.99 Å². The van der Waals surface area contributed by atoms with E-state index in [-0.39, 0.29) is 11.6 Å². The van der Waals surface area contributed by atoms with Crippen LogP contribution in [0.2, 0.25) is 0 Å². The van der Waals surface area contributed by atoms with Gasteiger partial charge in [-0.3, -0.25) is 0 Å². The smallest absolute Gasteiger partial charge is 0.418 e. The summed E-state index contributed by atoms with van der Waals surface area (Å²) in [7, 11) is 0. The number of alkyl halides is 3. The average molecular weight is 269 g/mol. The lowest BCUT2D eigenvalue weighted by Crippen LogP contribution is -2.18. The van der Waals surface area contributed by atoms with Gasteiger partial charge >= 0.3 is 6.18 Å². The summed E-state index contributed by atoms with van der Waals surface area (Å²) in [5, 5.41) is 0. The van der Waals surface area contributed by atoms with Crippen LogP contribution in [-0.2, 0) is 10.9 Å². The van der Waals surface area contributed by atoms with Crippen LogP contribution < -0.4 is 0 Å². The quantitative estimate of drug-likeness (QED) is 0.724. The lowest BCUT2D eigenvalue weighted by atomic mass is 9.94. The zero-order valence-electron chi connectivity index (χ0n) is 10.9. The molecular weight excluding hydrogens is 255 g/mol. The molecule has 1 aromatic rings. The highest BCUT2D eigenvalue weighted by atomic mass is 19.4. The van der Waals surface area contributed by atoms with E-state index in [4.69, 9.17) is 4.74 Å². The Labute approximate surface area is 109 Å². The highest BCUT2D eigenvalue weighted by molar-refractivity contribution is 5.89. The van der Waals surface area contributed by atoms with Crippen molar-refractivity contribution in [3.05, 3.63) is 41.7 Å². The molecule has 1 aliphatic rings. The van der Waals surface area contributed by atoms with Crippen LogP contribution in [0.4, 0.5) is 18.9 Å². The summed E-state index contributed by atoms with van der Waals surface area (Å²) >= 11 is 0. The fourth-order valence-electron chi connectivity index (χ4n) is 1.97. The molecule has 0 saturated carbocycles. The number of hydrogen-bond donors (Lipinski definition) is 0. The van der Waals surface area contributed by atoms with Crippen LogP contribution in [0.1, 0.15) is 26.3 Å². The highest BCUT2D eigenvalue weighted by Gasteiger charge is 2.35. The molecule has 0 radical (unpaired) electrons. The first-order valence-electron chi connectivity index (χ1n) is 5.83. The van der Waals surface area contributed by atoms with Gasteiger partial charge in [-0.2, -0.15) is 13.2 Å². The number of rotatable bonds is 1. The van der Waals surface area contributed by atoms with Crippen LogP contribution in [0.5, 0.6) is 0 Å². The minimum absolute atomic E-state index is 0.124. The highest BCUT2D eigenvalue weighted by Crippen LogP contribution is 2.38. The third-order valence-corrected chi connectivity index (χ3v) is 2.80. The minimum Gasteiger partial charge on any atom is -0.447 e. The largest absolute Gasteiger partial charge is 0.447 e. The maximum Gasteiger partial charge on any atom is 0.418 e. The van der Waals surface area contributed by atoms with Gasteiger partial charge in [-0.25, -0.2) is 4.99 Å². The zero-order valence-corrected chi connectivity index (χ0v) is 10.9. The summed E-state index contributed by atoms with van der Waals surface area (Å²) < 4.78 is 44.0. The van der Waals surface area contributed by atoms with Crippen LogP contribution in [-0.4, -0.2) is 5.90 Å². The average Bonchev–Trinajstić information content (AvgIpc) is 2.51. The number of nitrogens with zero attached hydrogens (tertiary/aromatic N) is 1. The van der Waals surface area contributed by atoms with E-state index in [0.29, 0.717) is 5.76 Å². The number of para-hydroxylation sites is 1. The summed E-state index contributed by atoms with van der Waals surface area (Å²) in [5.41, 5.74) is -1.38. The predicted octanol–water partition coefficient (Wildman–Crippen LogP) is 4.70. The molecule has 1 aliphatic heterocycles. The van der Waals surface area contributed by atoms with E-state index >= 15 is 0 Å². The van der Waals surface area contributed by atoms with E-state index in [9.17, 15) is 13.2 Å². The molecule has 0 fully saturated rings. The molecule has 0 unspecified atom stereocenters. The zero-order chi connectivity index (χ0) is 14.3. The second-order valence-corrected chi connectivity index (χ2v) is 5.01. The van der Waals surface area contributed by atoms with Gasteiger partial charge in [-0.1, -0.05) is 12.1 Å². The normalized spacial score (nSPS) is 20.3. The Hall–Kier alpha value is -1.78. The van der Waals surface area contributed by atoms with Crippen molar-refractivity contribution in [3.8, 4) is 0 Å². The van der Waals surface area contributed by atoms with Crippen molar-refractivity contribution < 1.29 is 17.9 Å². The summed E-state index contributed by atoms with van der Waals surface area (Å²) in [4.78, 5) is 4.05. The van der Waals surface area contributed by atoms with Crippen molar-refractivity contribution in [1.29, 1.82) is 0 Å². The lowest BCUT2D eigenvalue weighted by molar-refractivity contribution is -0.137. The number of ether oxygens (including phenoxy) is 1. The fraction of sp³-hybridized carbons (Fsp3) is 0.357. The van der Waals surface area contributed by atoms with E-state index in [1.54, 1.807) is 6.92 Å². The van der Waals surface area contributed by atoms with E-state index < -0.39 is 17.2 Å². The van der Waals surface area contributed by atoms with Gasteiger partial charge in [-0.15, -0.1) is 0 Å². The molecule has 0 aromatic heterocycles. The van der Waals surface area contributed by atoms with Crippen molar-refractivity contribution in [2.24, 2.45) is 10.4 Å². The summed E-state index contributed by atoms with van der Waals surface area (Å²) in [6.45, 7) is 5.44. The Bertz CT molecular complexity index is 556. The van der Waals surface area contributed by atoms with Gasteiger partial charge in [-0.05, 0) is 39.0 Å². The molecule has 2 nitrogen and oxygen atoms in total. The van der Waals surface area contributed by atoms with Gasteiger partial charge < -0.3 is 4.74 Å². The standard InChI is InChI=1S/C14H14F3NO/c1-9-8-13(2,3)12(19-9)18-11-7-5-4-6-10(11)14(15,16)17/h4-8H,1-3H3. The first-order valence-corrected chi connectivity index (χ1v) is 5.83. The van der Waals surface area contributed by atoms with Gasteiger partial charge in [0.15, 0.2) is 0 Å². The number of hydrogen-bond acceptors (Lipinski definition) is 2. The number of allylic oxidation sites excluding steroid dienone is 1. The van der Waals surface area contributed by atoms with E-state index in [1.807, 2.05) is 19.9 Å². The van der Waals surface area contributed by atoms with Crippen LogP contribution in [0, 0.1) is 5.41 Å². The van der Waals surface area contributed by atoms with Gasteiger partial charge in [0, 0.05) is 0 Å². The van der Waals surface area contributed by atoms with Crippen molar-refractivity contribution in [3.63, 3.8) is 0 Å². The Morgan fingerprint density at radius 1 is 1.16 bits per heavy atom. The summed E-state index contributed by atoms with van der Waals surface area (Å²) in [6.07, 6.45) is -2.59. The SMILES string of the molecule is CC1=CC(C)(C)C(=Nc2ccccc2C(F)(F)F)O1. The Morgan fingerprint density at radius 3 is 2.32 bits per heavy atom. The number of aliphatic imine (C=N–C) groups is 1. The molecular formula is C14H14F3NO. The number of benzene rings is 1. The maximum absolute atomic E-state index is 12.9. The fourth-order valence-corrected chi connectivity index (χ4v) is 1.97. The minimum atomic E-state index is -4.42. The first-order chi connectivity index (χ1) is 8.70. The molecule has 0 atom stereocenters. The third kappa shape index (κ3) is 2.80. The van der Waals surface area contributed by atoms with Gasteiger partial charge in [0.25, 0.3) is 0 Å². The molecule has 0 spiro atoms.